The van der Waals surface area contributed by atoms with Crippen molar-refractivity contribution in [3.63, 3.8) is 0 Å². The lowest BCUT2D eigenvalue weighted by Gasteiger charge is -2.40. The first-order chi connectivity index (χ1) is 10.7. The van der Waals surface area contributed by atoms with E-state index in [1.54, 1.807) is 30.4 Å². The molecule has 1 unspecified atom stereocenters. The van der Waals surface area contributed by atoms with Gasteiger partial charge in [-0.05, 0) is 19.1 Å². The number of carbonyl (C=O) groups excluding carboxylic acids is 1. The van der Waals surface area contributed by atoms with Crippen LogP contribution in [-0.2, 0) is 4.79 Å². The second-order valence-corrected chi connectivity index (χ2v) is 5.25. The van der Waals surface area contributed by atoms with Crippen LogP contribution in [0, 0.1) is 0 Å². The predicted molar refractivity (Wildman–Crippen MR) is 82.6 cm³/mol. The molecule has 2 heterocycles. The van der Waals surface area contributed by atoms with Crippen molar-refractivity contribution < 1.29 is 9.53 Å². The molecular weight excluding hydrogens is 280 g/mol. The standard InChI is InChI=1S/C16H18N4O2/c1-12(22-14-5-3-2-4-6-14)16(21)20-10-13(11-20)19-15-9-17-7-8-18-15/h2-9,12-13H,10-11H2,1H3,(H,18,19). The Balaban J connectivity index is 1.47. The van der Waals surface area contributed by atoms with E-state index in [-0.39, 0.29) is 11.9 Å². The lowest BCUT2D eigenvalue weighted by molar-refractivity contribution is -0.142. The fraction of sp³-hybridized carbons (Fsp3) is 0.312. The number of hydrogen-bond acceptors (Lipinski definition) is 5. The Bertz CT molecular complexity index is 615. The molecule has 1 N–H and O–H groups in total. The van der Waals surface area contributed by atoms with E-state index < -0.39 is 6.10 Å². The average Bonchev–Trinajstić information content (AvgIpc) is 2.52. The second-order valence-electron chi connectivity index (χ2n) is 5.25. The molecule has 2 aromatic rings. The Labute approximate surface area is 129 Å². The number of likely N-dealkylation sites (tertiary alicyclic amines) is 1. The largest absolute Gasteiger partial charge is 0.481 e. The Morgan fingerprint density at radius 3 is 2.77 bits per heavy atom. The quantitative estimate of drug-likeness (QED) is 0.907. The molecule has 0 radical (unpaired) electrons. The topological polar surface area (TPSA) is 67.3 Å². The first-order valence-corrected chi connectivity index (χ1v) is 7.25. The molecule has 1 amide bonds. The maximum absolute atomic E-state index is 12.3. The molecule has 0 aliphatic carbocycles. The van der Waals surface area contributed by atoms with Gasteiger partial charge in [0.1, 0.15) is 11.6 Å². The molecule has 1 aliphatic rings. The number of carbonyl (C=O) groups is 1. The summed E-state index contributed by atoms with van der Waals surface area (Å²) in [5.74, 6) is 1.44. The molecule has 1 atom stereocenters. The third-order valence-corrected chi connectivity index (χ3v) is 3.51. The van der Waals surface area contributed by atoms with Crippen molar-refractivity contribution in [1.82, 2.24) is 14.9 Å². The lowest BCUT2D eigenvalue weighted by Crippen LogP contribution is -2.59. The summed E-state index contributed by atoms with van der Waals surface area (Å²) in [6.45, 7) is 3.08. The van der Waals surface area contributed by atoms with Gasteiger partial charge < -0.3 is 15.0 Å². The molecule has 0 spiro atoms. The van der Waals surface area contributed by atoms with Gasteiger partial charge in [0.15, 0.2) is 6.10 Å². The van der Waals surface area contributed by atoms with Crippen molar-refractivity contribution in [2.24, 2.45) is 0 Å². The molecular formula is C16H18N4O2. The van der Waals surface area contributed by atoms with E-state index >= 15 is 0 Å². The van der Waals surface area contributed by atoms with Crippen molar-refractivity contribution in [3.8, 4) is 5.75 Å². The van der Waals surface area contributed by atoms with Crippen LogP contribution in [0.1, 0.15) is 6.92 Å². The number of ether oxygens (including phenoxy) is 1. The Morgan fingerprint density at radius 1 is 1.32 bits per heavy atom. The van der Waals surface area contributed by atoms with Crippen molar-refractivity contribution in [1.29, 1.82) is 0 Å². The van der Waals surface area contributed by atoms with E-state index in [0.717, 1.165) is 5.82 Å². The highest BCUT2D eigenvalue weighted by atomic mass is 16.5. The van der Waals surface area contributed by atoms with E-state index in [4.69, 9.17) is 4.74 Å². The van der Waals surface area contributed by atoms with Gasteiger partial charge in [0.2, 0.25) is 0 Å². The van der Waals surface area contributed by atoms with Crippen LogP contribution >= 0.6 is 0 Å². The van der Waals surface area contributed by atoms with Gasteiger partial charge in [-0.25, -0.2) is 4.98 Å². The average molecular weight is 298 g/mol. The molecule has 0 bridgehead atoms. The van der Waals surface area contributed by atoms with Gasteiger partial charge in [0, 0.05) is 25.5 Å². The van der Waals surface area contributed by atoms with Gasteiger partial charge in [0.25, 0.3) is 5.91 Å². The molecule has 3 rings (SSSR count). The predicted octanol–water partition coefficient (Wildman–Crippen LogP) is 1.57. The van der Waals surface area contributed by atoms with E-state index in [2.05, 4.69) is 15.3 Å². The molecule has 1 fully saturated rings. The first kappa shape index (κ1) is 14.3. The SMILES string of the molecule is CC(Oc1ccccc1)C(=O)N1CC(Nc2cnccn2)C1. The van der Waals surface area contributed by atoms with Crippen LogP contribution < -0.4 is 10.1 Å². The number of rotatable bonds is 5. The van der Waals surface area contributed by atoms with Crippen LogP contribution in [-0.4, -0.2) is 46.0 Å². The smallest absolute Gasteiger partial charge is 0.263 e. The molecule has 1 saturated heterocycles. The molecule has 6 nitrogen and oxygen atoms in total. The summed E-state index contributed by atoms with van der Waals surface area (Å²) in [6.07, 6.45) is 4.45. The maximum atomic E-state index is 12.3. The molecule has 1 aromatic heterocycles. The summed E-state index contributed by atoms with van der Waals surface area (Å²) in [5, 5.41) is 3.24. The molecule has 1 aliphatic heterocycles. The van der Waals surface area contributed by atoms with Crippen molar-refractivity contribution in [2.45, 2.75) is 19.1 Å². The third-order valence-electron chi connectivity index (χ3n) is 3.51. The Kier molecular flexibility index (Phi) is 4.18. The van der Waals surface area contributed by atoms with E-state index in [1.807, 2.05) is 30.3 Å². The number of para-hydroxylation sites is 1. The van der Waals surface area contributed by atoms with Crippen LogP contribution in [0.4, 0.5) is 5.82 Å². The summed E-state index contributed by atoms with van der Waals surface area (Å²) >= 11 is 0. The fourth-order valence-corrected chi connectivity index (χ4v) is 2.34. The van der Waals surface area contributed by atoms with Gasteiger partial charge in [-0.1, -0.05) is 18.2 Å². The highest BCUT2D eigenvalue weighted by molar-refractivity contribution is 5.82. The van der Waals surface area contributed by atoms with Crippen molar-refractivity contribution in [2.75, 3.05) is 18.4 Å². The monoisotopic (exact) mass is 298 g/mol. The zero-order valence-corrected chi connectivity index (χ0v) is 12.3. The molecule has 1 aromatic carbocycles. The fourth-order valence-electron chi connectivity index (χ4n) is 2.34. The molecule has 6 heteroatoms. The summed E-state index contributed by atoms with van der Waals surface area (Å²) in [4.78, 5) is 22.2. The Morgan fingerprint density at radius 2 is 2.09 bits per heavy atom. The van der Waals surface area contributed by atoms with Crippen molar-refractivity contribution >= 4 is 11.7 Å². The zero-order chi connectivity index (χ0) is 15.4. The highest BCUT2D eigenvalue weighted by Gasteiger charge is 2.33. The molecule has 114 valence electrons. The van der Waals surface area contributed by atoms with Gasteiger partial charge in [-0.3, -0.25) is 9.78 Å². The summed E-state index contributed by atoms with van der Waals surface area (Å²) in [6, 6.07) is 9.59. The number of nitrogens with zero attached hydrogens (tertiary/aromatic N) is 3. The van der Waals surface area contributed by atoms with Gasteiger partial charge in [-0.2, -0.15) is 0 Å². The van der Waals surface area contributed by atoms with E-state index in [0.29, 0.717) is 18.8 Å². The van der Waals surface area contributed by atoms with Crippen LogP contribution in [0.2, 0.25) is 0 Å². The minimum Gasteiger partial charge on any atom is -0.481 e. The van der Waals surface area contributed by atoms with Crippen molar-refractivity contribution in [3.05, 3.63) is 48.9 Å². The number of benzene rings is 1. The third kappa shape index (κ3) is 3.33. The van der Waals surface area contributed by atoms with Gasteiger partial charge >= 0.3 is 0 Å². The number of aromatic nitrogens is 2. The summed E-state index contributed by atoms with van der Waals surface area (Å²) in [7, 11) is 0. The van der Waals surface area contributed by atoms with Gasteiger partial charge in [0.05, 0.1) is 12.2 Å². The minimum absolute atomic E-state index is 0.000971. The normalized spacial score (nSPS) is 15.8. The second kappa shape index (κ2) is 6.43. The van der Waals surface area contributed by atoms with Crippen LogP contribution in [0.15, 0.2) is 48.9 Å². The van der Waals surface area contributed by atoms with E-state index in [9.17, 15) is 4.79 Å². The number of amides is 1. The lowest BCUT2D eigenvalue weighted by atomic mass is 10.1. The molecule has 0 saturated carbocycles. The summed E-state index contributed by atoms with van der Waals surface area (Å²) in [5.41, 5.74) is 0. The van der Waals surface area contributed by atoms with Crippen LogP contribution in [0.3, 0.4) is 0 Å². The molecule has 22 heavy (non-hydrogen) atoms. The minimum atomic E-state index is -0.486. The first-order valence-electron chi connectivity index (χ1n) is 7.25. The number of anilines is 1. The maximum Gasteiger partial charge on any atom is 0.263 e. The number of hydrogen-bond donors (Lipinski definition) is 1. The highest BCUT2D eigenvalue weighted by Crippen LogP contribution is 2.17. The Hall–Kier alpha value is -2.63. The number of nitrogens with one attached hydrogen (secondary N) is 1. The van der Waals surface area contributed by atoms with E-state index in [1.165, 1.54) is 0 Å². The van der Waals surface area contributed by atoms with Crippen LogP contribution in [0.5, 0.6) is 5.75 Å². The summed E-state index contributed by atoms with van der Waals surface area (Å²) < 4.78 is 5.65. The van der Waals surface area contributed by atoms with Crippen LogP contribution in [0.25, 0.3) is 0 Å². The zero-order valence-electron chi connectivity index (χ0n) is 12.3. The van der Waals surface area contributed by atoms with Gasteiger partial charge in [-0.15, -0.1) is 0 Å².